The molecule has 1 aliphatic carbocycles. The second-order valence-corrected chi connectivity index (χ2v) is 4.57. The molecule has 0 bridgehead atoms. The van der Waals surface area contributed by atoms with Crippen molar-refractivity contribution in [3.8, 4) is 11.5 Å². The van der Waals surface area contributed by atoms with E-state index in [9.17, 15) is 15.0 Å². The number of aromatic hydroxyl groups is 2. The number of amides is 1. The summed E-state index contributed by atoms with van der Waals surface area (Å²) in [7, 11) is 0. The molecule has 1 aromatic carbocycles. The number of phenolic OH excluding ortho intramolecular Hbond substituents is 2. The van der Waals surface area contributed by atoms with E-state index in [2.05, 4.69) is 5.32 Å². The second kappa shape index (κ2) is 3.70. The molecule has 0 aromatic heterocycles. The van der Waals surface area contributed by atoms with E-state index >= 15 is 0 Å². The third-order valence-corrected chi connectivity index (χ3v) is 3.10. The Morgan fingerprint density at radius 1 is 1.38 bits per heavy atom. The Morgan fingerprint density at radius 3 is 2.62 bits per heavy atom. The highest BCUT2D eigenvalue weighted by Crippen LogP contribution is 2.32. The van der Waals surface area contributed by atoms with Crippen LogP contribution in [0.25, 0.3) is 0 Å². The van der Waals surface area contributed by atoms with Gasteiger partial charge in [0.25, 0.3) is 5.91 Å². The van der Waals surface area contributed by atoms with Crippen LogP contribution in [0.1, 0.15) is 36.5 Å². The van der Waals surface area contributed by atoms with Gasteiger partial charge in [-0.1, -0.05) is 0 Å². The van der Waals surface area contributed by atoms with Gasteiger partial charge in [-0.15, -0.1) is 0 Å². The maximum atomic E-state index is 11.8. The molecule has 0 spiro atoms. The number of nitrogens with one attached hydrogen (secondary N) is 1. The largest absolute Gasteiger partial charge is 0.508 e. The molecular formula is C12H15NO3. The Kier molecular flexibility index (Phi) is 2.50. The highest BCUT2D eigenvalue weighted by Gasteiger charge is 2.33. The summed E-state index contributed by atoms with van der Waals surface area (Å²) >= 11 is 0. The average molecular weight is 221 g/mol. The molecule has 3 N–H and O–H groups in total. The van der Waals surface area contributed by atoms with Crippen LogP contribution in [0, 0.1) is 0 Å². The highest BCUT2D eigenvalue weighted by atomic mass is 16.3. The average Bonchev–Trinajstić information content (AvgIpc) is 2.19. The Morgan fingerprint density at radius 2 is 2.06 bits per heavy atom. The molecule has 0 unspecified atom stereocenters. The van der Waals surface area contributed by atoms with Crippen molar-refractivity contribution in [3.05, 3.63) is 23.8 Å². The summed E-state index contributed by atoms with van der Waals surface area (Å²) in [6.45, 7) is 1.98. The molecule has 0 heterocycles. The number of phenols is 2. The normalized spacial score (nSPS) is 17.6. The molecule has 16 heavy (non-hydrogen) atoms. The van der Waals surface area contributed by atoms with E-state index in [0.717, 1.165) is 19.3 Å². The Balaban J connectivity index is 2.17. The molecule has 86 valence electrons. The van der Waals surface area contributed by atoms with E-state index in [1.165, 1.54) is 18.2 Å². The fourth-order valence-corrected chi connectivity index (χ4v) is 1.88. The van der Waals surface area contributed by atoms with Gasteiger partial charge in [-0.05, 0) is 44.4 Å². The van der Waals surface area contributed by atoms with E-state index in [4.69, 9.17) is 0 Å². The van der Waals surface area contributed by atoms with Gasteiger partial charge in [0, 0.05) is 5.54 Å². The predicted molar refractivity (Wildman–Crippen MR) is 59.5 cm³/mol. The smallest absolute Gasteiger partial charge is 0.255 e. The Bertz CT molecular complexity index is 424. The summed E-state index contributed by atoms with van der Waals surface area (Å²) < 4.78 is 0. The number of carbonyl (C=O) groups excluding carboxylic acids is 1. The minimum atomic E-state index is -0.337. The lowest BCUT2D eigenvalue weighted by Crippen LogP contribution is -2.50. The molecule has 1 aromatic rings. The van der Waals surface area contributed by atoms with Crippen LogP contribution in [-0.4, -0.2) is 21.7 Å². The van der Waals surface area contributed by atoms with Gasteiger partial charge in [0.15, 0.2) is 0 Å². The van der Waals surface area contributed by atoms with E-state index in [-0.39, 0.29) is 28.5 Å². The van der Waals surface area contributed by atoms with Crippen molar-refractivity contribution in [3.63, 3.8) is 0 Å². The first-order valence-corrected chi connectivity index (χ1v) is 5.35. The number of carbonyl (C=O) groups is 1. The number of hydrogen-bond donors (Lipinski definition) is 3. The zero-order valence-electron chi connectivity index (χ0n) is 9.16. The van der Waals surface area contributed by atoms with Crippen LogP contribution in [0.15, 0.2) is 18.2 Å². The number of hydrogen-bond acceptors (Lipinski definition) is 3. The van der Waals surface area contributed by atoms with Crippen LogP contribution in [0.2, 0.25) is 0 Å². The van der Waals surface area contributed by atoms with Gasteiger partial charge in [0.05, 0.1) is 5.56 Å². The van der Waals surface area contributed by atoms with E-state index in [1.807, 2.05) is 6.92 Å². The van der Waals surface area contributed by atoms with Crippen LogP contribution < -0.4 is 5.32 Å². The molecule has 4 nitrogen and oxygen atoms in total. The summed E-state index contributed by atoms with van der Waals surface area (Å²) in [5.41, 5.74) is -0.0391. The number of rotatable bonds is 2. The zero-order chi connectivity index (χ0) is 11.8. The third-order valence-electron chi connectivity index (χ3n) is 3.10. The molecule has 2 rings (SSSR count). The first kappa shape index (κ1) is 10.8. The fourth-order valence-electron chi connectivity index (χ4n) is 1.88. The molecular weight excluding hydrogens is 206 g/mol. The van der Waals surface area contributed by atoms with Gasteiger partial charge < -0.3 is 15.5 Å². The molecule has 4 heteroatoms. The molecule has 0 atom stereocenters. The van der Waals surface area contributed by atoms with E-state index in [0.29, 0.717) is 0 Å². The molecule has 0 saturated heterocycles. The molecule has 0 radical (unpaired) electrons. The first-order chi connectivity index (χ1) is 7.50. The monoisotopic (exact) mass is 221 g/mol. The van der Waals surface area contributed by atoms with Crippen LogP contribution in [0.5, 0.6) is 11.5 Å². The molecule has 1 saturated carbocycles. The van der Waals surface area contributed by atoms with Crippen molar-refractivity contribution in [2.45, 2.75) is 31.7 Å². The van der Waals surface area contributed by atoms with Crippen LogP contribution in [0.4, 0.5) is 0 Å². The van der Waals surface area contributed by atoms with Crippen molar-refractivity contribution >= 4 is 5.91 Å². The SMILES string of the molecule is CC1(NC(=O)c2cc(O)ccc2O)CCC1. The van der Waals surface area contributed by atoms with Crippen molar-refractivity contribution < 1.29 is 15.0 Å². The fraction of sp³-hybridized carbons (Fsp3) is 0.417. The minimum Gasteiger partial charge on any atom is -0.508 e. The lowest BCUT2D eigenvalue weighted by Gasteiger charge is -2.39. The lowest BCUT2D eigenvalue weighted by molar-refractivity contribution is 0.0847. The van der Waals surface area contributed by atoms with Gasteiger partial charge in [-0.3, -0.25) is 4.79 Å². The van der Waals surface area contributed by atoms with Gasteiger partial charge in [0.1, 0.15) is 11.5 Å². The van der Waals surface area contributed by atoms with Gasteiger partial charge in [-0.25, -0.2) is 0 Å². The Hall–Kier alpha value is -1.71. The lowest BCUT2D eigenvalue weighted by atomic mass is 9.78. The summed E-state index contributed by atoms with van der Waals surface area (Å²) in [4.78, 5) is 11.8. The van der Waals surface area contributed by atoms with Crippen molar-refractivity contribution in [2.24, 2.45) is 0 Å². The van der Waals surface area contributed by atoms with Gasteiger partial charge >= 0.3 is 0 Å². The summed E-state index contributed by atoms with van der Waals surface area (Å²) in [5, 5.41) is 21.7. The third kappa shape index (κ3) is 1.96. The quantitative estimate of drug-likeness (QED) is 0.666. The summed E-state index contributed by atoms with van der Waals surface area (Å²) in [6.07, 6.45) is 3.03. The highest BCUT2D eigenvalue weighted by molar-refractivity contribution is 5.97. The van der Waals surface area contributed by atoms with Crippen molar-refractivity contribution in [1.29, 1.82) is 0 Å². The van der Waals surface area contributed by atoms with Crippen LogP contribution in [-0.2, 0) is 0 Å². The van der Waals surface area contributed by atoms with E-state index in [1.54, 1.807) is 0 Å². The van der Waals surface area contributed by atoms with Crippen molar-refractivity contribution in [2.75, 3.05) is 0 Å². The van der Waals surface area contributed by atoms with Gasteiger partial charge in [0.2, 0.25) is 0 Å². The van der Waals surface area contributed by atoms with E-state index < -0.39 is 0 Å². The summed E-state index contributed by atoms with van der Waals surface area (Å²) in [5.74, 6) is -0.476. The zero-order valence-corrected chi connectivity index (χ0v) is 9.16. The number of benzene rings is 1. The molecule has 1 fully saturated rings. The topological polar surface area (TPSA) is 69.6 Å². The standard InChI is InChI=1S/C12H15NO3/c1-12(5-2-6-12)13-11(16)9-7-8(14)3-4-10(9)15/h3-4,7,14-15H,2,5-6H2,1H3,(H,13,16). The molecule has 1 amide bonds. The summed E-state index contributed by atoms with van der Waals surface area (Å²) in [6, 6.07) is 3.93. The van der Waals surface area contributed by atoms with Crippen LogP contribution >= 0.6 is 0 Å². The second-order valence-electron chi connectivity index (χ2n) is 4.57. The molecule has 0 aliphatic heterocycles. The Labute approximate surface area is 93.9 Å². The van der Waals surface area contributed by atoms with Crippen molar-refractivity contribution in [1.82, 2.24) is 5.32 Å². The van der Waals surface area contributed by atoms with Crippen LogP contribution in [0.3, 0.4) is 0 Å². The maximum absolute atomic E-state index is 11.8. The molecule has 1 aliphatic rings. The maximum Gasteiger partial charge on any atom is 0.255 e. The van der Waals surface area contributed by atoms with Gasteiger partial charge in [-0.2, -0.15) is 0 Å². The minimum absolute atomic E-state index is 0.0262. The predicted octanol–water partition coefficient (Wildman–Crippen LogP) is 1.77. The first-order valence-electron chi connectivity index (χ1n) is 5.35.